The minimum atomic E-state index is -0.0144. The lowest BCUT2D eigenvalue weighted by Gasteiger charge is -2.15. The van der Waals surface area contributed by atoms with E-state index in [0.29, 0.717) is 66.2 Å². The SMILES string of the molecule is CCCCCCOc1ccc(-c2nc(-c3ccc(OCCCCCC)cc3O)nc(-c3ccc(OCCCCCC)cc3OCCCCCC)n2)c(O)c1. The van der Waals surface area contributed by atoms with Crippen molar-refractivity contribution in [1.82, 2.24) is 15.0 Å². The van der Waals surface area contributed by atoms with Crippen molar-refractivity contribution in [2.24, 2.45) is 0 Å². The fraction of sp³-hybridized carbons (Fsp3) is 0.533. The first-order chi connectivity index (χ1) is 26.5. The van der Waals surface area contributed by atoms with Crippen LogP contribution in [0.2, 0.25) is 0 Å². The van der Waals surface area contributed by atoms with Crippen LogP contribution in [0, 0.1) is 0 Å². The zero-order valence-corrected chi connectivity index (χ0v) is 33.2. The lowest BCUT2D eigenvalue weighted by Crippen LogP contribution is -2.05. The Morgan fingerprint density at radius 1 is 0.389 bits per heavy atom. The molecular weight excluding hydrogens is 679 g/mol. The number of hydrogen-bond donors (Lipinski definition) is 2. The van der Waals surface area contributed by atoms with Crippen molar-refractivity contribution in [2.45, 2.75) is 130 Å². The van der Waals surface area contributed by atoms with E-state index >= 15 is 0 Å². The molecule has 294 valence electrons. The van der Waals surface area contributed by atoms with E-state index < -0.39 is 0 Å². The van der Waals surface area contributed by atoms with Gasteiger partial charge in [-0.3, -0.25) is 0 Å². The van der Waals surface area contributed by atoms with Gasteiger partial charge in [-0.05, 0) is 62.1 Å². The Morgan fingerprint density at radius 3 is 1.09 bits per heavy atom. The third-order valence-electron chi connectivity index (χ3n) is 9.30. The molecule has 0 aliphatic rings. The van der Waals surface area contributed by atoms with Crippen LogP contribution in [0.15, 0.2) is 54.6 Å². The van der Waals surface area contributed by atoms with Crippen LogP contribution in [0.25, 0.3) is 34.2 Å². The van der Waals surface area contributed by atoms with Crippen molar-refractivity contribution in [1.29, 1.82) is 0 Å². The van der Waals surface area contributed by atoms with E-state index in [9.17, 15) is 10.2 Å². The summed E-state index contributed by atoms with van der Waals surface area (Å²) in [6, 6.07) is 16.1. The molecule has 4 rings (SSSR count). The molecule has 0 saturated carbocycles. The van der Waals surface area contributed by atoms with E-state index in [-0.39, 0.29) is 23.1 Å². The first-order valence-corrected chi connectivity index (χ1v) is 20.6. The van der Waals surface area contributed by atoms with E-state index in [1.165, 1.54) is 25.7 Å². The van der Waals surface area contributed by atoms with Crippen LogP contribution in [-0.2, 0) is 0 Å². The summed E-state index contributed by atoms with van der Waals surface area (Å²) in [6.45, 7) is 11.1. The average molecular weight is 742 g/mol. The van der Waals surface area contributed by atoms with E-state index in [2.05, 4.69) is 27.7 Å². The monoisotopic (exact) mass is 741 g/mol. The van der Waals surface area contributed by atoms with Crippen LogP contribution in [0.5, 0.6) is 34.5 Å². The van der Waals surface area contributed by atoms with Gasteiger partial charge >= 0.3 is 0 Å². The Hall–Kier alpha value is -4.53. The molecule has 0 atom stereocenters. The Kier molecular flexibility index (Phi) is 18.8. The molecule has 0 radical (unpaired) electrons. The van der Waals surface area contributed by atoms with Gasteiger partial charge in [0.05, 0.1) is 43.1 Å². The molecule has 0 spiro atoms. The van der Waals surface area contributed by atoms with E-state index in [0.717, 1.165) is 82.8 Å². The molecule has 3 aromatic carbocycles. The second kappa shape index (κ2) is 24.0. The fourth-order valence-corrected chi connectivity index (χ4v) is 6.08. The molecule has 0 amide bonds. The van der Waals surface area contributed by atoms with Crippen molar-refractivity contribution in [3.05, 3.63) is 54.6 Å². The van der Waals surface area contributed by atoms with Gasteiger partial charge in [0.25, 0.3) is 0 Å². The first-order valence-electron chi connectivity index (χ1n) is 20.6. The van der Waals surface area contributed by atoms with Crippen LogP contribution in [0.4, 0.5) is 0 Å². The quantitative estimate of drug-likeness (QED) is 0.0576. The van der Waals surface area contributed by atoms with Crippen molar-refractivity contribution < 1.29 is 29.2 Å². The summed E-state index contributed by atoms with van der Waals surface area (Å²) in [5.41, 5.74) is 1.49. The molecule has 1 heterocycles. The normalized spacial score (nSPS) is 11.1. The van der Waals surface area contributed by atoms with E-state index in [4.69, 9.17) is 33.9 Å². The Balaban J connectivity index is 1.72. The maximum absolute atomic E-state index is 11.3. The Labute approximate surface area is 323 Å². The maximum Gasteiger partial charge on any atom is 0.167 e. The third kappa shape index (κ3) is 13.7. The summed E-state index contributed by atoms with van der Waals surface area (Å²) in [6.07, 6.45) is 17.5. The molecule has 2 N–H and O–H groups in total. The van der Waals surface area contributed by atoms with Gasteiger partial charge in [-0.25, -0.2) is 15.0 Å². The standard InChI is InChI=1S/C45H63N3O6/c1-5-9-13-17-27-51-34-21-24-37(40(49)31-34)43-46-44(38-25-22-35(32-41(38)50)52-28-18-14-10-6-2)48-45(47-43)39-26-23-36(53-29-19-15-11-7-3)33-42(39)54-30-20-16-12-8-4/h21-26,31-33,49-50H,5-20,27-30H2,1-4H3. The predicted molar refractivity (Wildman–Crippen MR) is 218 cm³/mol. The molecule has 0 bridgehead atoms. The molecule has 0 saturated heterocycles. The fourth-order valence-electron chi connectivity index (χ4n) is 6.08. The molecule has 0 fully saturated rings. The number of nitrogens with zero attached hydrogens (tertiary/aromatic N) is 3. The molecule has 9 nitrogen and oxygen atoms in total. The minimum Gasteiger partial charge on any atom is -0.507 e. The van der Waals surface area contributed by atoms with Crippen molar-refractivity contribution >= 4 is 0 Å². The summed E-state index contributed by atoms with van der Waals surface area (Å²) < 4.78 is 24.4. The molecule has 9 heteroatoms. The highest BCUT2D eigenvalue weighted by Crippen LogP contribution is 2.38. The molecule has 0 aliphatic heterocycles. The lowest BCUT2D eigenvalue weighted by atomic mass is 10.1. The van der Waals surface area contributed by atoms with E-state index in [1.54, 1.807) is 24.3 Å². The molecule has 1 aromatic heterocycles. The van der Waals surface area contributed by atoms with Crippen LogP contribution < -0.4 is 18.9 Å². The van der Waals surface area contributed by atoms with Crippen LogP contribution >= 0.6 is 0 Å². The molecule has 0 unspecified atom stereocenters. The largest absolute Gasteiger partial charge is 0.507 e. The first kappa shape index (κ1) is 42.2. The summed E-state index contributed by atoms with van der Waals surface area (Å²) in [4.78, 5) is 14.6. The second-order valence-corrected chi connectivity index (χ2v) is 14.0. The highest BCUT2D eigenvalue weighted by Gasteiger charge is 2.20. The van der Waals surface area contributed by atoms with Crippen LogP contribution in [0.3, 0.4) is 0 Å². The van der Waals surface area contributed by atoms with Crippen LogP contribution in [0.1, 0.15) is 130 Å². The summed E-state index contributed by atoms with van der Waals surface area (Å²) in [5.74, 6) is 3.30. The Bertz CT molecular complexity index is 1600. The molecule has 0 aliphatic carbocycles. The number of benzene rings is 3. The van der Waals surface area contributed by atoms with Gasteiger partial charge in [0, 0.05) is 18.2 Å². The molecule has 54 heavy (non-hydrogen) atoms. The third-order valence-corrected chi connectivity index (χ3v) is 9.30. The van der Waals surface area contributed by atoms with Gasteiger partial charge in [0.1, 0.15) is 34.5 Å². The van der Waals surface area contributed by atoms with Gasteiger partial charge in [-0.15, -0.1) is 0 Å². The van der Waals surface area contributed by atoms with Gasteiger partial charge in [-0.1, -0.05) is 105 Å². The van der Waals surface area contributed by atoms with Crippen molar-refractivity contribution in [3.63, 3.8) is 0 Å². The summed E-state index contributed by atoms with van der Waals surface area (Å²) >= 11 is 0. The average Bonchev–Trinajstić information content (AvgIpc) is 3.17. The number of aromatic nitrogens is 3. The summed E-state index contributed by atoms with van der Waals surface area (Å²) in [7, 11) is 0. The number of phenolic OH excluding ortho intramolecular Hbond substituents is 2. The number of aromatic hydroxyl groups is 2. The topological polar surface area (TPSA) is 116 Å². The zero-order chi connectivity index (χ0) is 38.4. The number of hydrogen-bond acceptors (Lipinski definition) is 9. The minimum absolute atomic E-state index is 0.0144. The van der Waals surface area contributed by atoms with Crippen molar-refractivity contribution in [3.8, 4) is 68.7 Å². The van der Waals surface area contributed by atoms with E-state index in [1.807, 2.05) is 30.3 Å². The van der Waals surface area contributed by atoms with Gasteiger partial charge < -0.3 is 29.2 Å². The smallest absolute Gasteiger partial charge is 0.167 e. The highest BCUT2D eigenvalue weighted by atomic mass is 16.5. The number of unbranched alkanes of at least 4 members (excludes halogenated alkanes) is 12. The zero-order valence-electron chi connectivity index (χ0n) is 33.2. The summed E-state index contributed by atoms with van der Waals surface area (Å²) in [5, 5.41) is 22.5. The second-order valence-electron chi connectivity index (χ2n) is 14.0. The maximum atomic E-state index is 11.3. The Morgan fingerprint density at radius 2 is 0.722 bits per heavy atom. The molecule has 4 aromatic rings. The predicted octanol–water partition coefficient (Wildman–Crippen LogP) is 12.1. The number of ether oxygens (including phenoxy) is 4. The van der Waals surface area contributed by atoms with Gasteiger partial charge in [-0.2, -0.15) is 0 Å². The van der Waals surface area contributed by atoms with Crippen molar-refractivity contribution in [2.75, 3.05) is 26.4 Å². The number of phenols is 2. The van der Waals surface area contributed by atoms with Crippen LogP contribution in [-0.4, -0.2) is 51.6 Å². The van der Waals surface area contributed by atoms with Gasteiger partial charge in [0.15, 0.2) is 17.5 Å². The molecular formula is C45H63N3O6. The lowest BCUT2D eigenvalue weighted by molar-refractivity contribution is 0.291. The van der Waals surface area contributed by atoms with Gasteiger partial charge in [0.2, 0.25) is 0 Å². The highest BCUT2D eigenvalue weighted by molar-refractivity contribution is 5.74. The number of rotatable bonds is 27.